The first-order valence-electron chi connectivity index (χ1n) is 7.97. The Morgan fingerprint density at radius 3 is 2.31 bits per heavy atom. The van der Waals surface area contributed by atoms with Crippen molar-refractivity contribution in [3.63, 3.8) is 0 Å². The molecule has 1 aliphatic rings. The van der Waals surface area contributed by atoms with E-state index >= 15 is 0 Å². The number of hydrogen-bond donors (Lipinski definition) is 0. The smallest absolute Gasteiger partial charge is 0.338 e. The van der Waals surface area contributed by atoms with Gasteiger partial charge in [-0.1, -0.05) is 24.1 Å². The van der Waals surface area contributed by atoms with Crippen molar-refractivity contribution in [3.8, 4) is 12.3 Å². The number of ether oxygens (including phenoxy) is 4. The molecule has 7 nitrogen and oxygen atoms in total. The Balaban J connectivity index is 2.16. The maximum atomic E-state index is 12.1. The molecule has 1 unspecified atom stereocenters. The lowest BCUT2D eigenvalue weighted by atomic mass is 9.81. The number of carbonyl (C=O) groups excluding carboxylic acids is 3. The second kappa shape index (κ2) is 8.02. The zero-order valence-electron chi connectivity index (χ0n) is 14.8. The van der Waals surface area contributed by atoms with E-state index in [1.165, 1.54) is 13.8 Å². The van der Waals surface area contributed by atoms with Crippen molar-refractivity contribution < 1.29 is 33.3 Å². The molecule has 1 aromatic rings. The summed E-state index contributed by atoms with van der Waals surface area (Å²) in [6, 6.07) is 8.42. The summed E-state index contributed by atoms with van der Waals surface area (Å²) in [5, 5.41) is 0. The summed E-state index contributed by atoms with van der Waals surface area (Å²) in [6.07, 6.45) is 2.61. The average molecular weight is 360 g/mol. The Labute approximate surface area is 151 Å². The van der Waals surface area contributed by atoms with Crippen LogP contribution >= 0.6 is 0 Å². The third kappa shape index (κ3) is 4.21. The highest BCUT2D eigenvalue weighted by molar-refractivity contribution is 5.89. The minimum Gasteiger partial charge on any atom is -0.459 e. The fourth-order valence-electron chi connectivity index (χ4n) is 2.65. The molecule has 0 saturated carbocycles. The minimum absolute atomic E-state index is 0.191. The maximum Gasteiger partial charge on any atom is 0.338 e. The van der Waals surface area contributed by atoms with E-state index in [0.717, 1.165) is 0 Å². The van der Waals surface area contributed by atoms with Gasteiger partial charge in [-0.25, -0.2) is 4.79 Å². The van der Waals surface area contributed by atoms with Crippen molar-refractivity contribution in [2.24, 2.45) is 5.41 Å². The molecule has 1 fully saturated rings. The molecule has 0 aromatic heterocycles. The molecular weight excluding hydrogens is 340 g/mol. The fourth-order valence-corrected chi connectivity index (χ4v) is 2.65. The van der Waals surface area contributed by atoms with Crippen molar-refractivity contribution >= 4 is 17.9 Å². The number of rotatable bonds is 5. The summed E-state index contributed by atoms with van der Waals surface area (Å²) in [6.45, 7) is 3.84. The van der Waals surface area contributed by atoms with Gasteiger partial charge in [0.15, 0.2) is 6.10 Å². The van der Waals surface area contributed by atoms with Gasteiger partial charge in [0.2, 0.25) is 6.29 Å². The van der Waals surface area contributed by atoms with E-state index in [1.54, 1.807) is 37.3 Å². The predicted octanol–water partition coefficient (Wildman–Crippen LogP) is 1.70. The number of terminal acetylenes is 1. The first-order chi connectivity index (χ1) is 12.3. The molecule has 2 rings (SSSR count). The SMILES string of the molecule is C#C[C@@]1(C)[C@@H](COC(=O)c2ccccc2)OC(OC(C)=O)[C@@H]1OC(C)=O. The van der Waals surface area contributed by atoms with Crippen LogP contribution in [0.3, 0.4) is 0 Å². The zero-order chi connectivity index (χ0) is 19.3. The van der Waals surface area contributed by atoms with Gasteiger partial charge in [0.1, 0.15) is 18.1 Å². The molecule has 0 aliphatic carbocycles. The topological polar surface area (TPSA) is 88.1 Å². The molecule has 26 heavy (non-hydrogen) atoms. The average Bonchev–Trinajstić information content (AvgIpc) is 2.85. The van der Waals surface area contributed by atoms with E-state index in [1.807, 2.05) is 0 Å². The van der Waals surface area contributed by atoms with Crippen LogP contribution in [0.2, 0.25) is 0 Å². The highest BCUT2D eigenvalue weighted by Gasteiger charge is 2.57. The van der Waals surface area contributed by atoms with Crippen LogP contribution in [0.25, 0.3) is 0 Å². The molecule has 1 heterocycles. The monoisotopic (exact) mass is 360 g/mol. The molecule has 7 heteroatoms. The van der Waals surface area contributed by atoms with Crippen molar-refractivity contribution in [2.75, 3.05) is 6.61 Å². The van der Waals surface area contributed by atoms with Gasteiger partial charge in [-0.15, -0.1) is 6.42 Å². The lowest BCUT2D eigenvalue weighted by Gasteiger charge is -2.28. The highest BCUT2D eigenvalue weighted by atomic mass is 16.7. The van der Waals surface area contributed by atoms with Crippen molar-refractivity contribution in [3.05, 3.63) is 35.9 Å². The summed E-state index contributed by atoms with van der Waals surface area (Å²) in [7, 11) is 0. The van der Waals surface area contributed by atoms with Crippen molar-refractivity contribution in [1.29, 1.82) is 0 Å². The number of hydrogen-bond acceptors (Lipinski definition) is 7. The Kier molecular flexibility index (Phi) is 6.01. The Bertz CT molecular complexity index is 721. The van der Waals surface area contributed by atoms with Gasteiger partial charge in [0.05, 0.1) is 5.56 Å². The Morgan fingerprint density at radius 2 is 1.77 bits per heavy atom. The number of esters is 3. The summed E-state index contributed by atoms with van der Waals surface area (Å²) in [5.41, 5.74) is -0.774. The molecule has 0 radical (unpaired) electrons. The number of benzene rings is 1. The molecule has 1 saturated heterocycles. The quantitative estimate of drug-likeness (QED) is 0.449. The number of carbonyl (C=O) groups is 3. The van der Waals surface area contributed by atoms with Crippen molar-refractivity contribution in [2.45, 2.75) is 39.3 Å². The van der Waals surface area contributed by atoms with Crippen LogP contribution < -0.4 is 0 Å². The molecule has 0 N–H and O–H groups in total. The lowest BCUT2D eigenvalue weighted by molar-refractivity contribution is -0.196. The van der Waals surface area contributed by atoms with Crippen LogP contribution in [0.15, 0.2) is 30.3 Å². The van der Waals surface area contributed by atoms with Gasteiger partial charge in [-0.05, 0) is 19.1 Å². The molecule has 1 aromatic carbocycles. The van der Waals surface area contributed by atoms with Crippen LogP contribution in [-0.2, 0) is 28.5 Å². The molecule has 0 amide bonds. The molecule has 0 spiro atoms. The molecule has 0 bridgehead atoms. The third-order valence-corrected chi connectivity index (χ3v) is 4.07. The van der Waals surface area contributed by atoms with Crippen LogP contribution in [0.4, 0.5) is 0 Å². The van der Waals surface area contributed by atoms with Crippen LogP contribution in [0.1, 0.15) is 31.1 Å². The van der Waals surface area contributed by atoms with E-state index < -0.39 is 41.8 Å². The third-order valence-electron chi connectivity index (χ3n) is 4.07. The first kappa shape index (κ1) is 19.5. The second-order valence-corrected chi connectivity index (χ2v) is 6.02. The molecule has 138 valence electrons. The maximum absolute atomic E-state index is 12.1. The minimum atomic E-state index is -1.18. The highest BCUT2D eigenvalue weighted by Crippen LogP contribution is 2.41. The largest absolute Gasteiger partial charge is 0.459 e. The van der Waals surface area contributed by atoms with Crippen LogP contribution in [-0.4, -0.2) is 43.0 Å². The summed E-state index contributed by atoms with van der Waals surface area (Å²) in [4.78, 5) is 34.8. The summed E-state index contributed by atoms with van der Waals surface area (Å²) >= 11 is 0. The van der Waals surface area contributed by atoms with E-state index in [2.05, 4.69) is 5.92 Å². The predicted molar refractivity (Wildman–Crippen MR) is 89.6 cm³/mol. The summed E-state index contributed by atoms with van der Waals surface area (Å²) in [5.74, 6) is 0.765. The zero-order valence-corrected chi connectivity index (χ0v) is 14.8. The van der Waals surface area contributed by atoms with E-state index in [-0.39, 0.29) is 6.61 Å². The Morgan fingerprint density at radius 1 is 1.15 bits per heavy atom. The Hall–Kier alpha value is -2.85. The van der Waals surface area contributed by atoms with Gasteiger partial charge in [0.25, 0.3) is 0 Å². The van der Waals surface area contributed by atoms with Gasteiger partial charge < -0.3 is 18.9 Å². The van der Waals surface area contributed by atoms with Gasteiger partial charge in [-0.2, -0.15) is 0 Å². The molecule has 1 aliphatic heterocycles. The second-order valence-electron chi connectivity index (χ2n) is 6.02. The van der Waals surface area contributed by atoms with E-state index in [0.29, 0.717) is 5.56 Å². The lowest BCUT2D eigenvalue weighted by Crippen LogP contribution is -2.42. The van der Waals surface area contributed by atoms with Crippen molar-refractivity contribution in [1.82, 2.24) is 0 Å². The fraction of sp³-hybridized carbons (Fsp3) is 0.421. The van der Waals surface area contributed by atoms with Gasteiger partial charge in [0, 0.05) is 13.8 Å². The standard InChI is InChI=1S/C19H20O7/c1-5-19(4)15(11-23-17(22)14-9-7-6-8-10-14)26-18(25-13(3)21)16(19)24-12(2)20/h1,6-10,15-16,18H,11H2,2-4H3/t15-,16+,18?,19+/m1/s1. The van der Waals surface area contributed by atoms with Crippen LogP contribution in [0.5, 0.6) is 0 Å². The van der Waals surface area contributed by atoms with Crippen LogP contribution in [0, 0.1) is 17.8 Å². The van der Waals surface area contributed by atoms with Gasteiger partial charge >= 0.3 is 17.9 Å². The summed E-state index contributed by atoms with van der Waals surface area (Å²) < 4.78 is 21.2. The van der Waals surface area contributed by atoms with E-state index in [4.69, 9.17) is 25.4 Å². The first-order valence-corrected chi connectivity index (χ1v) is 7.97. The molecular formula is C19H20O7. The van der Waals surface area contributed by atoms with Gasteiger partial charge in [-0.3, -0.25) is 9.59 Å². The van der Waals surface area contributed by atoms with E-state index in [9.17, 15) is 14.4 Å². The normalized spacial score (nSPS) is 27.2. The molecule has 4 atom stereocenters.